The zero-order chi connectivity index (χ0) is 14.3. The van der Waals surface area contributed by atoms with Gasteiger partial charge >= 0.3 is 5.97 Å². The van der Waals surface area contributed by atoms with E-state index in [1.54, 1.807) is 19.1 Å². The molecule has 5 heteroatoms. The van der Waals surface area contributed by atoms with Crippen molar-refractivity contribution in [1.29, 1.82) is 0 Å². The van der Waals surface area contributed by atoms with Crippen molar-refractivity contribution >= 4 is 11.9 Å². The van der Waals surface area contributed by atoms with E-state index in [9.17, 15) is 9.59 Å². The van der Waals surface area contributed by atoms with Crippen LogP contribution in [0.1, 0.15) is 18.9 Å². The second-order valence-electron chi connectivity index (χ2n) is 3.92. The zero-order valence-electron chi connectivity index (χ0n) is 11.0. The molecule has 0 radical (unpaired) electrons. The van der Waals surface area contributed by atoms with E-state index in [2.05, 4.69) is 12.1 Å². The highest BCUT2D eigenvalue weighted by atomic mass is 16.7. The molecule has 0 saturated carbocycles. The predicted molar refractivity (Wildman–Crippen MR) is 70.3 cm³/mol. The normalized spacial score (nSPS) is 11.3. The van der Waals surface area contributed by atoms with Crippen LogP contribution >= 0.6 is 0 Å². The molecule has 19 heavy (non-hydrogen) atoms. The fraction of sp³-hybridized carbons (Fsp3) is 0.286. The number of hydroxylamine groups is 1. The van der Waals surface area contributed by atoms with Crippen molar-refractivity contribution in [3.63, 3.8) is 0 Å². The van der Waals surface area contributed by atoms with E-state index in [0.29, 0.717) is 12.2 Å². The Kier molecular flexibility index (Phi) is 5.60. The molecule has 1 aromatic rings. The van der Waals surface area contributed by atoms with Gasteiger partial charge in [-0.25, -0.2) is 4.79 Å². The molecule has 0 aliphatic heterocycles. The molecule has 0 aliphatic carbocycles. The summed E-state index contributed by atoms with van der Waals surface area (Å²) in [4.78, 5) is 27.9. The van der Waals surface area contributed by atoms with Crippen molar-refractivity contribution < 1.29 is 19.2 Å². The molecule has 1 rings (SSSR count). The summed E-state index contributed by atoms with van der Waals surface area (Å²) in [5, 5.41) is 0. The van der Waals surface area contributed by atoms with E-state index in [-0.39, 0.29) is 0 Å². The van der Waals surface area contributed by atoms with Crippen LogP contribution in [0.25, 0.3) is 0 Å². The monoisotopic (exact) mass is 263 g/mol. The van der Waals surface area contributed by atoms with Gasteiger partial charge in [0, 0.05) is 6.08 Å². The third kappa shape index (κ3) is 4.83. The van der Waals surface area contributed by atoms with Crippen LogP contribution in [0.5, 0.6) is 5.75 Å². The number of esters is 1. The van der Waals surface area contributed by atoms with Crippen LogP contribution in [0, 0.1) is 6.92 Å². The molecule has 1 atom stereocenters. The number of carbonyl (C=O) groups excluding carboxylic acids is 2. The first-order valence-corrected chi connectivity index (χ1v) is 5.93. The van der Waals surface area contributed by atoms with Crippen LogP contribution in [-0.2, 0) is 14.3 Å². The molecule has 0 bridgehead atoms. The van der Waals surface area contributed by atoms with E-state index >= 15 is 0 Å². The number of nitrogens with one attached hydrogen (secondary N) is 1. The topological polar surface area (TPSA) is 64.6 Å². The Hall–Kier alpha value is -2.30. The van der Waals surface area contributed by atoms with Crippen molar-refractivity contribution in [2.45, 2.75) is 26.4 Å². The molecular weight excluding hydrogens is 246 g/mol. The third-order valence-electron chi connectivity index (χ3n) is 2.38. The third-order valence-corrected chi connectivity index (χ3v) is 2.38. The summed E-state index contributed by atoms with van der Waals surface area (Å²) in [6.07, 6.45) is 0.468. The molecule has 1 unspecified atom stereocenters. The maximum atomic E-state index is 11.7. The molecule has 0 aliphatic rings. The summed E-state index contributed by atoms with van der Waals surface area (Å²) < 4.78 is 4.87. The predicted octanol–water partition coefficient (Wildman–Crippen LogP) is 1.91. The Morgan fingerprint density at radius 1 is 1.37 bits per heavy atom. The summed E-state index contributed by atoms with van der Waals surface area (Å²) in [6, 6.07) is 7.17. The number of benzene rings is 1. The standard InChI is InChI=1S/C14H17NO4/c1-4-12(18-13(16)5-2)14(17)15-19-11-8-6-10(3)7-9-11/h5-9,12H,2,4H2,1,3H3,(H,15,17). The summed E-state index contributed by atoms with van der Waals surface area (Å²) >= 11 is 0. The van der Waals surface area contributed by atoms with E-state index in [0.717, 1.165) is 11.6 Å². The van der Waals surface area contributed by atoms with Gasteiger partial charge < -0.3 is 9.57 Å². The molecule has 0 saturated heterocycles. The highest BCUT2D eigenvalue weighted by Gasteiger charge is 2.20. The van der Waals surface area contributed by atoms with Crippen molar-refractivity contribution in [1.82, 2.24) is 5.48 Å². The molecular formula is C14H17NO4. The maximum absolute atomic E-state index is 11.7. The zero-order valence-corrected chi connectivity index (χ0v) is 11.0. The lowest BCUT2D eigenvalue weighted by Gasteiger charge is -2.15. The lowest BCUT2D eigenvalue weighted by molar-refractivity contribution is -0.154. The van der Waals surface area contributed by atoms with Gasteiger partial charge in [-0.3, -0.25) is 4.79 Å². The second-order valence-corrected chi connectivity index (χ2v) is 3.92. The van der Waals surface area contributed by atoms with E-state index in [4.69, 9.17) is 9.57 Å². The van der Waals surface area contributed by atoms with Gasteiger partial charge in [0.25, 0.3) is 5.91 Å². The van der Waals surface area contributed by atoms with E-state index in [1.165, 1.54) is 0 Å². The number of rotatable bonds is 6. The number of aryl methyl sites for hydroxylation is 1. The van der Waals surface area contributed by atoms with Gasteiger partial charge in [0.2, 0.25) is 0 Å². The Morgan fingerprint density at radius 3 is 2.53 bits per heavy atom. The number of hydrogen-bond donors (Lipinski definition) is 1. The highest BCUT2D eigenvalue weighted by Crippen LogP contribution is 2.10. The lowest BCUT2D eigenvalue weighted by Crippen LogP contribution is -2.39. The molecule has 0 fully saturated rings. The summed E-state index contributed by atoms with van der Waals surface area (Å²) in [6.45, 7) is 6.95. The summed E-state index contributed by atoms with van der Waals surface area (Å²) in [5.74, 6) is -0.653. The van der Waals surface area contributed by atoms with Gasteiger partial charge in [0.1, 0.15) is 0 Å². The second kappa shape index (κ2) is 7.20. The first-order chi connectivity index (χ1) is 9.06. The Labute approximate surface area is 112 Å². The minimum atomic E-state index is -0.893. The number of hydrogen-bond acceptors (Lipinski definition) is 4. The Bertz CT molecular complexity index is 453. The van der Waals surface area contributed by atoms with Crippen molar-refractivity contribution in [2.24, 2.45) is 0 Å². The van der Waals surface area contributed by atoms with Crippen LogP contribution in [0.4, 0.5) is 0 Å². The van der Waals surface area contributed by atoms with Crippen LogP contribution in [-0.4, -0.2) is 18.0 Å². The van der Waals surface area contributed by atoms with Gasteiger partial charge in [-0.15, -0.1) is 0 Å². The van der Waals surface area contributed by atoms with Crippen molar-refractivity contribution in [3.8, 4) is 5.75 Å². The average molecular weight is 263 g/mol. The molecule has 1 aromatic carbocycles. The molecule has 1 N–H and O–H groups in total. The van der Waals surface area contributed by atoms with E-state index in [1.807, 2.05) is 19.1 Å². The maximum Gasteiger partial charge on any atom is 0.330 e. The minimum Gasteiger partial charge on any atom is -0.449 e. The highest BCUT2D eigenvalue weighted by molar-refractivity contribution is 5.86. The quantitative estimate of drug-likeness (QED) is 0.484. The fourth-order valence-electron chi connectivity index (χ4n) is 1.29. The summed E-state index contributed by atoms with van der Waals surface area (Å²) in [7, 11) is 0. The number of carbonyl (C=O) groups is 2. The first kappa shape index (κ1) is 14.8. The van der Waals surface area contributed by atoms with Crippen LogP contribution in [0.3, 0.4) is 0 Å². The molecule has 0 spiro atoms. The number of ether oxygens (including phenoxy) is 1. The van der Waals surface area contributed by atoms with E-state index < -0.39 is 18.0 Å². The fourth-order valence-corrected chi connectivity index (χ4v) is 1.29. The average Bonchev–Trinajstić information content (AvgIpc) is 2.43. The Balaban J connectivity index is 2.50. The SMILES string of the molecule is C=CC(=O)OC(CC)C(=O)NOc1ccc(C)cc1. The largest absolute Gasteiger partial charge is 0.449 e. The van der Waals surface area contributed by atoms with Gasteiger partial charge in [0.15, 0.2) is 11.9 Å². The minimum absolute atomic E-state index is 0.350. The van der Waals surface area contributed by atoms with Gasteiger partial charge in [-0.05, 0) is 25.5 Å². The molecule has 1 amide bonds. The smallest absolute Gasteiger partial charge is 0.330 e. The van der Waals surface area contributed by atoms with Gasteiger partial charge in [-0.2, -0.15) is 5.48 Å². The first-order valence-electron chi connectivity index (χ1n) is 5.93. The summed E-state index contributed by atoms with van der Waals surface area (Å²) in [5.41, 5.74) is 3.34. The molecule has 5 nitrogen and oxygen atoms in total. The number of amides is 1. The van der Waals surface area contributed by atoms with Crippen LogP contribution in [0.15, 0.2) is 36.9 Å². The van der Waals surface area contributed by atoms with Crippen LogP contribution in [0.2, 0.25) is 0 Å². The Morgan fingerprint density at radius 2 is 2.00 bits per heavy atom. The van der Waals surface area contributed by atoms with Crippen molar-refractivity contribution in [2.75, 3.05) is 0 Å². The van der Waals surface area contributed by atoms with Gasteiger partial charge in [-0.1, -0.05) is 31.2 Å². The molecule has 102 valence electrons. The van der Waals surface area contributed by atoms with Gasteiger partial charge in [0.05, 0.1) is 0 Å². The van der Waals surface area contributed by atoms with Crippen LogP contribution < -0.4 is 10.3 Å². The lowest BCUT2D eigenvalue weighted by atomic mass is 10.2. The molecule has 0 aromatic heterocycles. The molecule has 0 heterocycles. The van der Waals surface area contributed by atoms with Crippen molar-refractivity contribution in [3.05, 3.63) is 42.5 Å².